The first-order chi connectivity index (χ1) is 14.7. The maximum atomic E-state index is 12.7. The average Bonchev–Trinajstić information content (AvgIpc) is 3.37. The smallest absolute Gasteiger partial charge is 0.261 e. The lowest BCUT2D eigenvalue weighted by Gasteiger charge is -2.13. The number of rotatable bonds is 6. The molecule has 0 spiro atoms. The molecule has 3 amide bonds. The molecular weight excluding hydrogens is 424 g/mol. The van der Waals surface area contributed by atoms with Crippen LogP contribution in [0.15, 0.2) is 60.0 Å². The number of hydrogen-bond donors (Lipinski definition) is 3. The van der Waals surface area contributed by atoms with Crippen LogP contribution >= 0.6 is 0 Å². The van der Waals surface area contributed by atoms with Crippen LogP contribution in [0.2, 0.25) is 0 Å². The first kappa shape index (κ1) is 20.2. The zero-order chi connectivity index (χ0) is 22.2. The van der Waals surface area contributed by atoms with E-state index in [9.17, 15) is 22.8 Å². The summed E-state index contributed by atoms with van der Waals surface area (Å²) < 4.78 is 29.1. The Labute approximate surface area is 176 Å². The van der Waals surface area contributed by atoms with Gasteiger partial charge in [-0.05, 0) is 49.4 Å². The number of aromatic nitrogens is 3. The van der Waals surface area contributed by atoms with Gasteiger partial charge in [-0.2, -0.15) is 5.10 Å². The monoisotopic (exact) mass is 440 g/mol. The number of sulfonamides is 1. The van der Waals surface area contributed by atoms with E-state index in [0.29, 0.717) is 5.69 Å². The summed E-state index contributed by atoms with van der Waals surface area (Å²) >= 11 is 0. The van der Waals surface area contributed by atoms with E-state index in [0.717, 1.165) is 6.07 Å². The fraction of sp³-hybridized carbons (Fsp3) is 0.105. The van der Waals surface area contributed by atoms with Crippen molar-refractivity contribution in [1.29, 1.82) is 0 Å². The van der Waals surface area contributed by atoms with E-state index in [1.807, 2.05) is 0 Å². The Morgan fingerprint density at radius 3 is 2.39 bits per heavy atom. The molecule has 3 N–H and O–H groups in total. The van der Waals surface area contributed by atoms with Crippen molar-refractivity contribution in [3.05, 3.63) is 66.2 Å². The Bertz CT molecular complexity index is 1290. The quantitative estimate of drug-likeness (QED) is 0.486. The Balaban J connectivity index is 1.46. The van der Waals surface area contributed by atoms with Crippen LogP contribution in [0.25, 0.3) is 0 Å². The van der Waals surface area contributed by atoms with Gasteiger partial charge in [-0.3, -0.25) is 24.4 Å². The van der Waals surface area contributed by atoms with Crippen molar-refractivity contribution >= 4 is 39.1 Å². The van der Waals surface area contributed by atoms with Crippen molar-refractivity contribution in [3.8, 4) is 0 Å². The number of benzene rings is 2. The Morgan fingerprint density at radius 2 is 1.71 bits per heavy atom. The number of nitrogens with zero attached hydrogens (tertiary/aromatic N) is 3. The minimum atomic E-state index is -4.00. The second kappa shape index (κ2) is 7.65. The third kappa shape index (κ3) is 4.00. The summed E-state index contributed by atoms with van der Waals surface area (Å²) in [4.78, 5) is 39.3. The summed E-state index contributed by atoms with van der Waals surface area (Å²) in [6.07, 6.45) is 2.76. The first-order valence-corrected chi connectivity index (χ1v) is 10.5. The summed E-state index contributed by atoms with van der Waals surface area (Å²) in [5.74, 6) is -1.52. The predicted molar refractivity (Wildman–Crippen MR) is 109 cm³/mol. The largest absolute Gasteiger partial charge is 0.324 e. The van der Waals surface area contributed by atoms with Crippen LogP contribution in [0.5, 0.6) is 0 Å². The molecule has 31 heavy (non-hydrogen) atoms. The molecule has 1 aliphatic rings. The van der Waals surface area contributed by atoms with Crippen LogP contribution < -0.4 is 15.4 Å². The standard InChI is InChI=1S/C19H16N6O5S/c1-11(25-10-20-9-21-25)17(26)22-12-2-4-13(5-3-12)24-31(29,30)14-6-7-15-16(8-14)19(28)23-18(15)27/h2-11,24H,1H3,(H,22,26)(H,23,27,28). The summed E-state index contributed by atoms with van der Waals surface area (Å²) in [6.45, 7) is 1.66. The highest BCUT2D eigenvalue weighted by Gasteiger charge is 2.28. The van der Waals surface area contributed by atoms with Crippen LogP contribution in [-0.2, 0) is 14.8 Å². The SMILES string of the molecule is CC(C(=O)Nc1ccc(NS(=O)(=O)c2ccc3c(c2)C(=O)NC3=O)cc1)n1cncn1. The van der Waals surface area contributed by atoms with Gasteiger partial charge in [-0.1, -0.05) is 0 Å². The van der Waals surface area contributed by atoms with Gasteiger partial charge < -0.3 is 5.32 Å². The first-order valence-electron chi connectivity index (χ1n) is 9.02. The lowest BCUT2D eigenvalue weighted by molar-refractivity contribution is -0.119. The molecule has 1 aliphatic heterocycles. The van der Waals surface area contributed by atoms with Crippen molar-refractivity contribution in [2.75, 3.05) is 10.0 Å². The van der Waals surface area contributed by atoms with Crippen LogP contribution in [0.3, 0.4) is 0 Å². The van der Waals surface area contributed by atoms with Crippen molar-refractivity contribution in [3.63, 3.8) is 0 Å². The number of hydrogen-bond acceptors (Lipinski definition) is 7. The third-order valence-corrected chi connectivity index (χ3v) is 6.01. The van der Waals surface area contributed by atoms with Gasteiger partial charge in [0, 0.05) is 11.4 Å². The van der Waals surface area contributed by atoms with E-state index >= 15 is 0 Å². The zero-order valence-corrected chi connectivity index (χ0v) is 16.9. The van der Waals surface area contributed by atoms with Crippen molar-refractivity contribution in [1.82, 2.24) is 20.1 Å². The van der Waals surface area contributed by atoms with Crippen LogP contribution in [0, 0.1) is 0 Å². The maximum Gasteiger partial charge on any atom is 0.261 e. The number of amides is 3. The van der Waals surface area contributed by atoms with E-state index in [-0.39, 0.29) is 27.6 Å². The number of anilines is 2. The maximum absolute atomic E-state index is 12.7. The molecule has 0 bridgehead atoms. The molecule has 0 saturated heterocycles. The number of imide groups is 1. The molecule has 158 valence electrons. The molecule has 4 rings (SSSR count). The zero-order valence-electron chi connectivity index (χ0n) is 16.1. The molecule has 2 heterocycles. The summed E-state index contributed by atoms with van der Waals surface area (Å²) in [5.41, 5.74) is 0.854. The van der Waals surface area contributed by atoms with E-state index in [4.69, 9.17) is 0 Å². The fourth-order valence-corrected chi connectivity index (χ4v) is 4.02. The second-order valence-corrected chi connectivity index (χ2v) is 8.40. The molecule has 0 saturated carbocycles. The highest BCUT2D eigenvalue weighted by atomic mass is 32.2. The fourth-order valence-electron chi connectivity index (χ4n) is 2.93. The van der Waals surface area contributed by atoms with Gasteiger partial charge in [0.15, 0.2) is 0 Å². The number of carbonyl (C=O) groups excluding carboxylic acids is 3. The Hall–Kier alpha value is -4.06. The lowest BCUT2D eigenvalue weighted by atomic mass is 10.1. The van der Waals surface area contributed by atoms with Gasteiger partial charge in [-0.15, -0.1) is 0 Å². The topological polar surface area (TPSA) is 152 Å². The second-order valence-electron chi connectivity index (χ2n) is 6.71. The van der Waals surface area contributed by atoms with Crippen LogP contribution in [0.4, 0.5) is 11.4 Å². The minimum Gasteiger partial charge on any atom is -0.324 e. The average molecular weight is 440 g/mol. The van der Waals surface area contributed by atoms with Crippen molar-refractivity contribution in [2.45, 2.75) is 17.9 Å². The summed E-state index contributed by atoms with van der Waals surface area (Å²) in [7, 11) is -4.00. The number of carbonyl (C=O) groups is 3. The molecule has 1 aromatic heterocycles. The molecule has 0 fully saturated rings. The van der Waals surface area contributed by atoms with Gasteiger partial charge in [0.25, 0.3) is 21.8 Å². The lowest BCUT2D eigenvalue weighted by Crippen LogP contribution is -2.24. The molecule has 11 nitrogen and oxygen atoms in total. The van der Waals surface area contributed by atoms with E-state index < -0.39 is 27.9 Å². The van der Waals surface area contributed by atoms with Gasteiger partial charge in [0.1, 0.15) is 18.7 Å². The van der Waals surface area contributed by atoms with Crippen molar-refractivity contribution in [2.24, 2.45) is 0 Å². The molecule has 2 aromatic carbocycles. The highest BCUT2D eigenvalue weighted by molar-refractivity contribution is 7.92. The predicted octanol–water partition coefficient (Wildman–Crippen LogP) is 1.16. The number of fused-ring (bicyclic) bond motifs is 1. The molecular formula is C19H16N6O5S. The van der Waals surface area contributed by atoms with Crippen molar-refractivity contribution < 1.29 is 22.8 Å². The van der Waals surface area contributed by atoms with E-state index in [1.54, 1.807) is 19.1 Å². The minimum absolute atomic E-state index is 0.00689. The molecule has 12 heteroatoms. The highest BCUT2D eigenvalue weighted by Crippen LogP contribution is 2.23. The van der Waals surface area contributed by atoms with Crippen LogP contribution in [-0.4, -0.2) is 40.9 Å². The normalized spacial score (nSPS) is 14.0. The van der Waals surface area contributed by atoms with Gasteiger partial charge >= 0.3 is 0 Å². The Kier molecular flexibility index (Phi) is 4.99. The Morgan fingerprint density at radius 1 is 1.03 bits per heavy atom. The molecule has 1 unspecified atom stereocenters. The molecule has 0 radical (unpaired) electrons. The summed E-state index contributed by atoms with van der Waals surface area (Å²) in [6, 6.07) is 9.16. The summed E-state index contributed by atoms with van der Waals surface area (Å²) in [5, 5.41) is 8.74. The van der Waals surface area contributed by atoms with E-state index in [2.05, 4.69) is 25.4 Å². The van der Waals surface area contributed by atoms with Crippen LogP contribution in [0.1, 0.15) is 33.7 Å². The van der Waals surface area contributed by atoms with Gasteiger partial charge in [0.2, 0.25) is 5.91 Å². The van der Waals surface area contributed by atoms with E-state index in [1.165, 1.54) is 41.6 Å². The number of nitrogens with one attached hydrogen (secondary N) is 3. The van der Waals surface area contributed by atoms with Gasteiger partial charge in [-0.25, -0.2) is 18.1 Å². The molecule has 0 aliphatic carbocycles. The molecule has 1 atom stereocenters. The van der Waals surface area contributed by atoms with Gasteiger partial charge in [0.05, 0.1) is 16.0 Å². The third-order valence-electron chi connectivity index (χ3n) is 4.64. The molecule has 3 aromatic rings.